The number of allylic oxidation sites excluding steroid dienone is 2. The van der Waals surface area contributed by atoms with Crippen molar-refractivity contribution in [1.29, 1.82) is 0 Å². The van der Waals surface area contributed by atoms with Gasteiger partial charge < -0.3 is 15.4 Å². The highest BCUT2D eigenvalue weighted by atomic mass is 16.5. The molecule has 0 aromatic rings. The van der Waals surface area contributed by atoms with E-state index in [-0.39, 0.29) is 40.9 Å². The van der Waals surface area contributed by atoms with Gasteiger partial charge in [-0.1, -0.05) is 25.0 Å². The van der Waals surface area contributed by atoms with Gasteiger partial charge >= 0.3 is 0 Å². The molecule has 7 heteroatoms. The lowest BCUT2D eigenvalue weighted by atomic mass is 9.83. The molecule has 32 heavy (non-hydrogen) atoms. The molecule has 0 radical (unpaired) electrons. The fraction of sp³-hybridized carbons (Fsp3) is 0.800. The highest BCUT2D eigenvalue weighted by Crippen LogP contribution is 2.52. The minimum Gasteiger partial charge on any atom is -0.382 e. The van der Waals surface area contributed by atoms with Crippen LogP contribution in [-0.2, 0) is 14.3 Å². The molecule has 7 nitrogen and oxygen atoms in total. The molecule has 4 unspecified atom stereocenters. The third-order valence-corrected chi connectivity index (χ3v) is 7.97. The summed E-state index contributed by atoms with van der Waals surface area (Å²) in [5.41, 5.74) is 0.261. The number of nitrogens with one attached hydrogen (secondary N) is 2. The van der Waals surface area contributed by atoms with Gasteiger partial charge in [0.2, 0.25) is 11.8 Å². The highest BCUT2D eigenvalue weighted by molar-refractivity contribution is 6.06. The predicted molar refractivity (Wildman–Crippen MR) is 125 cm³/mol. The zero-order valence-corrected chi connectivity index (χ0v) is 19.8. The van der Waals surface area contributed by atoms with Crippen LogP contribution in [-0.4, -0.2) is 62.1 Å². The molecule has 2 bridgehead atoms. The van der Waals surface area contributed by atoms with Gasteiger partial charge in [0, 0.05) is 39.4 Å². The van der Waals surface area contributed by atoms with E-state index in [4.69, 9.17) is 9.73 Å². The average Bonchev–Trinajstić information content (AvgIpc) is 3.56. The van der Waals surface area contributed by atoms with E-state index in [1.807, 2.05) is 6.92 Å². The van der Waals surface area contributed by atoms with Crippen LogP contribution in [0.4, 0.5) is 0 Å². The fourth-order valence-electron chi connectivity index (χ4n) is 6.26. The first-order chi connectivity index (χ1) is 15.6. The molecular formula is C25H40N4O3. The van der Waals surface area contributed by atoms with Gasteiger partial charge in [-0.3, -0.25) is 19.5 Å². The minimum atomic E-state index is -0.0939. The number of fused-ring (bicyclic) bond motifs is 5. The first-order valence-corrected chi connectivity index (χ1v) is 12.7. The Morgan fingerprint density at radius 2 is 1.81 bits per heavy atom. The van der Waals surface area contributed by atoms with Gasteiger partial charge in [0.15, 0.2) is 5.96 Å². The molecule has 178 valence electrons. The van der Waals surface area contributed by atoms with Gasteiger partial charge in [-0.15, -0.1) is 0 Å². The van der Waals surface area contributed by atoms with E-state index in [1.54, 1.807) is 0 Å². The summed E-state index contributed by atoms with van der Waals surface area (Å²) in [6, 6.07) is 0. The lowest BCUT2D eigenvalue weighted by molar-refractivity contribution is -0.140. The van der Waals surface area contributed by atoms with Gasteiger partial charge in [-0.25, -0.2) is 0 Å². The van der Waals surface area contributed by atoms with Gasteiger partial charge in [-0.2, -0.15) is 0 Å². The van der Waals surface area contributed by atoms with Crippen LogP contribution in [0.25, 0.3) is 0 Å². The monoisotopic (exact) mass is 444 g/mol. The fourth-order valence-corrected chi connectivity index (χ4v) is 6.26. The average molecular weight is 445 g/mol. The van der Waals surface area contributed by atoms with Crippen molar-refractivity contribution in [2.24, 2.45) is 34.1 Å². The molecule has 1 heterocycles. The summed E-state index contributed by atoms with van der Waals surface area (Å²) in [5.74, 6) is 1.30. The summed E-state index contributed by atoms with van der Waals surface area (Å²) in [6.07, 6.45) is 12.1. The molecule has 0 aromatic carbocycles. The molecule has 1 aliphatic heterocycles. The first-order valence-electron chi connectivity index (χ1n) is 12.7. The van der Waals surface area contributed by atoms with Crippen LogP contribution in [0.1, 0.15) is 58.8 Å². The van der Waals surface area contributed by atoms with Crippen LogP contribution >= 0.6 is 0 Å². The van der Waals surface area contributed by atoms with Crippen LogP contribution < -0.4 is 10.6 Å². The number of nitrogens with zero attached hydrogens (tertiary/aromatic N) is 2. The Bertz CT molecular complexity index is 713. The van der Waals surface area contributed by atoms with Crippen molar-refractivity contribution in [3.8, 4) is 0 Å². The molecule has 4 atom stereocenters. The number of amides is 2. The van der Waals surface area contributed by atoms with Crippen molar-refractivity contribution in [3.05, 3.63) is 12.2 Å². The summed E-state index contributed by atoms with van der Waals surface area (Å²) in [5, 5.41) is 6.75. The Hall–Kier alpha value is -1.89. The Labute approximate surface area is 192 Å². The normalized spacial score (nSPS) is 30.4. The van der Waals surface area contributed by atoms with Crippen LogP contribution in [0.5, 0.6) is 0 Å². The molecule has 2 amide bonds. The van der Waals surface area contributed by atoms with Crippen molar-refractivity contribution in [3.63, 3.8) is 0 Å². The van der Waals surface area contributed by atoms with Crippen LogP contribution in [0.3, 0.4) is 0 Å². The molecule has 4 aliphatic rings. The summed E-state index contributed by atoms with van der Waals surface area (Å²) in [6.45, 7) is 8.50. The van der Waals surface area contributed by atoms with Crippen molar-refractivity contribution < 1.29 is 14.3 Å². The number of imide groups is 1. The standard InChI is InChI=1S/C25H40N4O3/c1-3-26-24(28-17-25(10-5-6-11-25)12-15-32-4-2)27-13-7-14-29-22(30)20-18-8-9-19(16-18)21(20)23(29)31/h8-9,18-21H,3-7,10-17H2,1-2H3,(H2,26,27,28). The smallest absolute Gasteiger partial charge is 0.233 e. The third-order valence-electron chi connectivity index (χ3n) is 7.97. The largest absolute Gasteiger partial charge is 0.382 e. The molecule has 2 N–H and O–H groups in total. The van der Waals surface area contributed by atoms with E-state index in [0.717, 1.165) is 51.5 Å². The lowest BCUT2D eigenvalue weighted by Gasteiger charge is -2.27. The summed E-state index contributed by atoms with van der Waals surface area (Å²) in [7, 11) is 0. The molecule has 3 aliphatic carbocycles. The number of carbonyl (C=O) groups is 2. The molecule has 3 fully saturated rings. The minimum absolute atomic E-state index is 0.0508. The van der Waals surface area contributed by atoms with Crippen LogP contribution in [0, 0.1) is 29.1 Å². The topological polar surface area (TPSA) is 83.0 Å². The first kappa shape index (κ1) is 23.3. The molecule has 0 aromatic heterocycles. The summed E-state index contributed by atoms with van der Waals surface area (Å²) < 4.78 is 5.62. The number of ether oxygens (including phenoxy) is 1. The maximum Gasteiger partial charge on any atom is 0.233 e. The van der Waals surface area contributed by atoms with Crippen molar-refractivity contribution >= 4 is 17.8 Å². The number of carbonyl (C=O) groups excluding carboxylic acids is 2. The second-order valence-electron chi connectivity index (χ2n) is 9.96. The van der Waals surface area contributed by atoms with E-state index in [9.17, 15) is 9.59 Å². The van der Waals surface area contributed by atoms with Gasteiger partial charge in [0.1, 0.15) is 0 Å². The molecular weight excluding hydrogens is 404 g/mol. The number of rotatable bonds is 11. The Balaban J connectivity index is 1.25. The summed E-state index contributed by atoms with van der Waals surface area (Å²) in [4.78, 5) is 32.1. The van der Waals surface area contributed by atoms with E-state index in [1.165, 1.54) is 30.6 Å². The SMILES string of the molecule is CCNC(=NCC1(CCOCC)CCCC1)NCCCN1C(=O)C2C3C=CC(C3)C2C1=O. The Morgan fingerprint density at radius 1 is 1.12 bits per heavy atom. The van der Waals surface area contributed by atoms with Crippen molar-refractivity contribution in [2.45, 2.75) is 58.8 Å². The maximum absolute atomic E-state index is 12.8. The van der Waals surface area contributed by atoms with E-state index in [0.29, 0.717) is 13.1 Å². The van der Waals surface area contributed by atoms with Gasteiger partial charge in [-0.05, 0) is 63.2 Å². The number of hydrogen-bond donors (Lipinski definition) is 2. The Morgan fingerprint density at radius 3 is 2.44 bits per heavy atom. The number of hydrogen-bond acceptors (Lipinski definition) is 4. The van der Waals surface area contributed by atoms with Crippen LogP contribution in [0.2, 0.25) is 0 Å². The number of guanidine groups is 1. The zero-order valence-electron chi connectivity index (χ0n) is 19.8. The molecule has 0 spiro atoms. The summed E-state index contributed by atoms with van der Waals surface area (Å²) >= 11 is 0. The van der Waals surface area contributed by atoms with Crippen molar-refractivity contribution in [1.82, 2.24) is 15.5 Å². The Kier molecular flexibility index (Phi) is 7.54. The van der Waals surface area contributed by atoms with Gasteiger partial charge in [0.05, 0.1) is 11.8 Å². The molecule has 2 saturated carbocycles. The van der Waals surface area contributed by atoms with Crippen LogP contribution in [0.15, 0.2) is 17.1 Å². The third kappa shape index (κ3) is 4.73. The predicted octanol–water partition coefficient (Wildman–Crippen LogP) is 2.73. The van der Waals surface area contributed by atoms with E-state index < -0.39 is 0 Å². The van der Waals surface area contributed by atoms with Crippen molar-refractivity contribution in [2.75, 3.05) is 39.4 Å². The lowest BCUT2D eigenvalue weighted by Crippen LogP contribution is -2.40. The van der Waals surface area contributed by atoms with E-state index >= 15 is 0 Å². The quantitative estimate of drug-likeness (QED) is 0.168. The van der Waals surface area contributed by atoms with Gasteiger partial charge in [0.25, 0.3) is 0 Å². The van der Waals surface area contributed by atoms with E-state index in [2.05, 4.69) is 29.7 Å². The second-order valence-corrected chi connectivity index (χ2v) is 9.96. The molecule has 4 rings (SSSR count). The zero-order chi connectivity index (χ0) is 22.6. The maximum atomic E-state index is 12.8. The molecule has 1 saturated heterocycles. The number of aliphatic imine (C=N–C) groups is 1. The second kappa shape index (κ2) is 10.4. The number of likely N-dealkylation sites (tertiary alicyclic amines) is 1. The highest BCUT2D eigenvalue weighted by Gasteiger charge is 2.58.